The van der Waals surface area contributed by atoms with Crippen molar-refractivity contribution in [2.45, 2.75) is 13.3 Å². The molecule has 0 aliphatic carbocycles. The Balaban J connectivity index is 2.09. The van der Waals surface area contributed by atoms with Crippen molar-refractivity contribution in [3.63, 3.8) is 0 Å². The van der Waals surface area contributed by atoms with Gasteiger partial charge in [0.25, 0.3) is 0 Å². The van der Waals surface area contributed by atoms with Crippen LogP contribution in [0.25, 0.3) is 11.3 Å². The summed E-state index contributed by atoms with van der Waals surface area (Å²) in [7, 11) is 0. The topological polar surface area (TPSA) is 39.2 Å². The van der Waals surface area contributed by atoms with Crippen molar-refractivity contribution in [2.24, 2.45) is 0 Å². The van der Waals surface area contributed by atoms with E-state index in [2.05, 4.69) is 9.92 Å². The minimum absolute atomic E-state index is 0.179. The Morgan fingerprint density at radius 2 is 2.12 bits per heavy atom. The fraction of sp³-hybridized carbons (Fsp3) is 0.231. The van der Waals surface area contributed by atoms with E-state index in [4.69, 9.17) is 4.74 Å². The van der Waals surface area contributed by atoms with Crippen LogP contribution in [0.2, 0.25) is 0 Å². The molecule has 0 spiro atoms. The molecule has 2 rings (SSSR count). The first-order valence-corrected chi connectivity index (χ1v) is 7.29. The molecule has 88 valence electrons. The van der Waals surface area contributed by atoms with Crippen molar-refractivity contribution in [3.05, 3.63) is 39.8 Å². The minimum atomic E-state index is -0.184. The second-order valence-corrected chi connectivity index (χ2v) is 5.45. The predicted molar refractivity (Wildman–Crippen MR) is 67.0 cm³/mol. The van der Waals surface area contributed by atoms with Gasteiger partial charge in [0.1, 0.15) is 0 Å². The molecule has 0 fully saturated rings. The molecule has 17 heavy (non-hydrogen) atoms. The fourth-order valence-electron chi connectivity index (χ4n) is 1.47. The van der Waals surface area contributed by atoms with E-state index in [0.29, 0.717) is 13.0 Å². The number of hydrogen-bond donors (Lipinski definition) is 0. The van der Waals surface area contributed by atoms with Crippen LogP contribution >= 0.6 is 0 Å². The van der Waals surface area contributed by atoms with E-state index in [9.17, 15) is 4.79 Å². The third-order valence-electron chi connectivity index (χ3n) is 2.22. The molecule has 0 saturated carbocycles. The molecule has 1 aromatic heterocycles. The molecular weight excluding hydrogens is 281 g/mol. The summed E-state index contributed by atoms with van der Waals surface area (Å²) in [4.78, 5) is 17.9. The van der Waals surface area contributed by atoms with E-state index >= 15 is 0 Å². The maximum atomic E-state index is 11.3. The van der Waals surface area contributed by atoms with Gasteiger partial charge in [-0.05, 0) is 0 Å². The van der Waals surface area contributed by atoms with Gasteiger partial charge in [-0.15, -0.1) is 0 Å². The molecule has 4 heteroatoms. The van der Waals surface area contributed by atoms with Crippen LogP contribution in [0.15, 0.2) is 35.3 Å². The first-order valence-electron chi connectivity index (χ1n) is 5.45. The zero-order valence-corrected chi connectivity index (χ0v) is 11.3. The first kappa shape index (κ1) is 12.1. The van der Waals surface area contributed by atoms with Crippen LogP contribution < -0.4 is 0 Å². The van der Waals surface area contributed by atoms with Crippen LogP contribution in [0, 0.1) is 0 Å². The van der Waals surface area contributed by atoms with Gasteiger partial charge in [0.2, 0.25) is 0 Å². The standard InChI is InChI=1S/C13H13NO2Se/c1-2-16-13(15)8-12-14-11(9-17-12)10-6-4-3-5-7-10/h3-7,9H,2,8H2,1H3. The Morgan fingerprint density at radius 1 is 1.35 bits per heavy atom. The SMILES string of the molecule is CCOC(=O)Cc1nc(-c2ccccc2)c[se]1. The van der Waals surface area contributed by atoms with Crippen LogP contribution in [0.4, 0.5) is 0 Å². The van der Waals surface area contributed by atoms with Crippen LogP contribution in [0.1, 0.15) is 11.5 Å². The van der Waals surface area contributed by atoms with Crippen molar-refractivity contribution in [1.29, 1.82) is 0 Å². The second-order valence-electron chi connectivity index (χ2n) is 3.47. The molecule has 0 saturated heterocycles. The van der Waals surface area contributed by atoms with Gasteiger partial charge in [0.05, 0.1) is 0 Å². The number of nitrogens with zero attached hydrogens (tertiary/aromatic N) is 1. The molecule has 2 aromatic rings. The average Bonchev–Trinajstić information content (AvgIpc) is 2.79. The third-order valence-corrected chi connectivity index (χ3v) is 4.00. The van der Waals surface area contributed by atoms with Crippen LogP contribution in [-0.2, 0) is 16.0 Å². The van der Waals surface area contributed by atoms with E-state index in [0.717, 1.165) is 15.8 Å². The molecule has 0 aliphatic heterocycles. The molecule has 0 aliphatic rings. The zero-order chi connectivity index (χ0) is 12.1. The fourth-order valence-corrected chi connectivity index (χ4v) is 3.12. The first-order chi connectivity index (χ1) is 8.29. The average molecular weight is 294 g/mol. The van der Waals surface area contributed by atoms with Gasteiger partial charge in [-0.1, -0.05) is 0 Å². The molecule has 0 N–H and O–H groups in total. The van der Waals surface area contributed by atoms with Gasteiger partial charge in [-0.3, -0.25) is 0 Å². The van der Waals surface area contributed by atoms with E-state index in [1.807, 2.05) is 37.3 Å². The summed E-state index contributed by atoms with van der Waals surface area (Å²) in [5, 5.41) is 0. The summed E-state index contributed by atoms with van der Waals surface area (Å²) < 4.78 is 5.85. The van der Waals surface area contributed by atoms with Crippen molar-refractivity contribution in [1.82, 2.24) is 4.98 Å². The van der Waals surface area contributed by atoms with E-state index < -0.39 is 0 Å². The van der Waals surface area contributed by atoms with Gasteiger partial charge >= 0.3 is 106 Å². The van der Waals surface area contributed by atoms with Gasteiger partial charge in [0, 0.05) is 0 Å². The molecule has 0 bridgehead atoms. The summed E-state index contributed by atoms with van der Waals surface area (Å²) in [6, 6.07) is 10.0. The normalized spacial score (nSPS) is 10.2. The maximum absolute atomic E-state index is 11.3. The second kappa shape index (κ2) is 5.80. The molecule has 0 amide bonds. The Morgan fingerprint density at radius 3 is 2.82 bits per heavy atom. The summed E-state index contributed by atoms with van der Waals surface area (Å²) in [6.07, 6.45) is 0.320. The van der Waals surface area contributed by atoms with Crippen LogP contribution in [-0.4, -0.2) is 32.1 Å². The van der Waals surface area contributed by atoms with Gasteiger partial charge in [-0.2, -0.15) is 0 Å². The monoisotopic (exact) mass is 295 g/mol. The Hall–Kier alpha value is -1.38. The summed E-state index contributed by atoms with van der Waals surface area (Å²) in [5.74, 6) is -0.184. The van der Waals surface area contributed by atoms with Crippen LogP contribution in [0.5, 0.6) is 0 Å². The summed E-state index contributed by atoms with van der Waals surface area (Å²) >= 11 is 0.179. The molecule has 3 nitrogen and oxygen atoms in total. The van der Waals surface area contributed by atoms with E-state index in [1.54, 1.807) is 0 Å². The number of carbonyl (C=O) groups is 1. The molecule has 0 radical (unpaired) electrons. The molecule has 0 unspecified atom stereocenters. The quantitative estimate of drug-likeness (QED) is 0.639. The molecule has 1 heterocycles. The Labute approximate surface area is 106 Å². The van der Waals surface area contributed by atoms with Crippen molar-refractivity contribution < 1.29 is 9.53 Å². The van der Waals surface area contributed by atoms with Gasteiger partial charge in [-0.25, -0.2) is 0 Å². The number of carbonyl (C=O) groups excluding carboxylic acids is 1. The van der Waals surface area contributed by atoms with E-state index in [1.165, 1.54) is 0 Å². The summed E-state index contributed by atoms with van der Waals surface area (Å²) in [5.41, 5.74) is 2.08. The number of aromatic nitrogens is 1. The van der Waals surface area contributed by atoms with Gasteiger partial charge in [0.15, 0.2) is 0 Å². The van der Waals surface area contributed by atoms with Crippen LogP contribution in [0.3, 0.4) is 0 Å². The van der Waals surface area contributed by atoms with Crippen molar-refractivity contribution in [2.75, 3.05) is 6.61 Å². The van der Waals surface area contributed by atoms with Gasteiger partial charge < -0.3 is 0 Å². The number of ether oxygens (including phenoxy) is 1. The zero-order valence-electron chi connectivity index (χ0n) is 9.55. The van der Waals surface area contributed by atoms with E-state index in [-0.39, 0.29) is 20.5 Å². The predicted octanol–water partition coefficient (Wildman–Crippen LogP) is 1.91. The van der Waals surface area contributed by atoms with Crippen molar-refractivity contribution >= 4 is 20.5 Å². The Bertz CT molecular complexity index is 493. The molecule has 1 aromatic carbocycles. The number of benzene rings is 1. The number of rotatable bonds is 4. The number of esters is 1. The Kier molecular flexibility index (Phi) is 4.12. The third kappa shape index (κ3) is 3.29. The number of hydrogen-bond acceptors (Lipinski definition) is 3. The van der Waals surface area contributed by atoms with Crippen molar-refractivity contribution in [3.8, 4) is 11.3 Å². The summed E-state index contributed by atoms with van der Waals surface area (Å²) in [6.45, 7) is 2.24. The molecular formula is C13H13NO2Se. The molecule has 0 atom stereocenters.